The maximum Gasteiger partial charge on any atom is 0.411 e. The van der Waals surface area contributed by atoms with E-state index in [0.29, 0.717) is 23.5 Å². The van der Waals surface area contributed by atoms with Gasteiger partial charge in [0.15, 0.2) is 6.61 Å². The summed E-state index contributed by atoms with van der Waals surface area (Å²) in [5.74, 6) is -1.30. The number of ether oxygens (including phenoxy) is 2. The van der Waals surface area contributed by atoms with Gasteiger partial charge in [-0.3, -0.25) is 14.9 Å². The van der Waals surface area contributed by atoms with Gasteiger partial charge in [-0.1, -0.05) is 26.0 Å². The second-order valence-electron chi connectivity index (χ2n) is 7.20. The summed E-state index contributed by atoms with van der Waals surface area (Å²) in [6.45, 7) is 5.87. The van der Waals surface area contributed by atoms with Crippen LogP contribution in [0, 0.1) is 5.92 Å². The quantitative estimate of drug-likeness (QED) is 0.512. The van der Waals surface area contributed by atoms with Crippen LogP contribution in [0.15, 0.2) is 48.5 Å². The van der Waals surface area contributed by atoms with Crippen LogP contribution in [-0.2, 0) is 14.3 Å². The van der Waals surface area contributed by atoms with Crippen molar-refractivity contribution < 1.29 is 28.7 Å². The first-order chi connectivity index (χ1) is 15.3. The number of nitrogens with one attached hydrogen (secondary N) is 3. The van der Waals surface area contributed by atoms with Crippen molar-refractivity contribution in [1.29, 1.82) is 0 Å². The number of hydrogen-bond acceptors (Lipinski definition) is 6. The molecule has 0 heterocycles. The normalized spacial score (nSPS) is 10.2. The van der Waals surface area contributed by atoms with Crippen LogP contribution >= 0.6 is 0 Å². The zero-order chi connectivity index (χ0) is 23.5. The summed E-state index contributed by atoms with van der Waals surface area (Å²) in [4.78, 5) is 48.2. The van der Waals surface area contributed by atoms with Crippen molar-refractivity contribution in [3.05, 3.63) is 59.7 Å². The van der Waals surface area contributed by atoms with Gasteiger partial charge >= 0.3 is 12.1 Å². The van der Waals surface area contributed by atoms with Crippen LogP contribution in [0.2, 0.25) is 0 Å². The third kappa shape index (κ3) is 7.75. The molecule has 2 rings (SSSR count). The van der Waals surface area contributed by atoms with Crippen LogP contribution in [0.25, 0.3) is 0 Å². The molecule has 0 aliphatic carbocycles. The predicted octanol–water partition coefficient (Wildman–Crippen LogP) is 3.44. The van der Waals surface area contributed by atoms with Crippen LogP contribution in [-0.4, -0.2) is 43.6 Å². The van der Waals surface area contributed by atoms with Gasteiger partial charge < -0.3 is 20.1 Å². The molecule has 0 atom stereocenters. The second kappa shape index (κ2) is 12.1. The van der Waals surface area contributed by atoms with E-state index in [0.717, 1.165) is 0 Å². The molecule has 0 spiro atoms. The van der Waals surface area contributed by atoms with Gasteiger partial charge in [0.1, 0.15) is 0 Å². The van der Waals surface area contributed by atoms with Crippen molar-refractivity contribution in [3.8, 4) is 0 Å². The molecule has 9 heteroatoms. The maximum atomic E-state index is 12.4. The molecule has 0 fully saturated rings. The maximum absolute atomic E-state index is 12.4. The Hall–Kier alpha value is -3.88. The number of esters is 1. The topological polar surface area (TPSA) is 123 Å². The Morgan fingerprint density at radius 3 is 2.25 bits per heavy atom. The Labute approximate surface area is 186 Å². The molecule has 3 N–H and O–H groups in total. The molecule has 2 aromatic carbocycles. The van der Waals surface area contributed by atoms with E-state index in [1.165, 1.54) is 24.3 Å². The van der Waals surface area contributed by atoms with Crippen molar-refractivity contribution in [2.24, 2.45) is 5.92 Å². The van der Waals surface area contributed by atoms with E-state index in [1.54, 1.807) is 31.2 Å². The van der Waals surface area contributed by atoms with Crippen molar-refractivity contribution in [2.45, 2.75) is 20.8 Å². The molecule has 0 bridgehead atoms. The minimum Gasteiger partial charge on any atom is -0.452 e. The molecule has 0 aliphatic rings. The van der Waals surface area contributed by atoms with E-state index in [2.05, 4.69) is 16.0 Å². The zero-order valence-corrected chi connectivity index (χ0v) is 18.3. The fourth-order valence-electron chi connectivity index (χ4n) is 2.56. The SMILES string of the molecule is CCOC(=O)Nc1ccc(C(=O)OCC(=O)Nc2ccccc2C(=O)NCC(C)C)cc1. The second-order valence-corrected chi connectivity index (χ2v) is 7.20. The highest BCUT2D eigenvalue weighted by Crippen LogP contribution is 2.15. The largest absolute Gasteiger partial charge is 0.452 e. The fourth-order valence-corrected chi connectivity index (χ4v) is 2.56. The minimum atomic E-state index is -0.703. The standard InChI is InChI=1S/C23H27N3O6/c1-4-31-23(30)25-17-11-9-16(10-12-17)22(29)32-14-20(27)26-19-8-6-5-7-18(19)21(28)24-13-15(2)3/h5-12,15H,4,13-14H2,1-3H3,(H,24,28)(H,25,30)(H,26,27). The molecule has 2 aromatic rings. The van der Waals surface area contributed by atoms with Gasteiger partial charge in [0.2, 0.25) is 0 Å². The lowest BCUT2D eigenvalue weighted by Gasteiger charge is -2.12. The van der Waals surface area contributed by atoms with Crippen LogP contribution in [0.3, 0.4) is 0 Å². The van der Waals surface area contributed by atoms with Gasteiger partial charge in [0.05, 0.1) is 23.4 Å². The van der Waals surface area contributed by atoms with Gasteiger partial charge in [-0.05, 0) is 49.2 Å². The molecule has 0 aliphatic heterocycles. The average Bonchev–Trinajstić information content (AvgIpc) is 2.77. The number of benzene rings is 2. The molecule has 0 saturated heterocycles. The highest BCUT2D eigenvalue weighted by molar-refractivity contribution is 6.04. The first-order valence-electron chi connectivity index (χ1n) is 10.2. The lowest BCUT2D eigenvalue weighted by atomic mass is 10.1. The molecule has 0 saturated carbocycles. The fraction of sp³-hybridized carbons (Fsp3) is 0.304. The summed E-state index contributed by atoms with van der Waals surface area (Å²) in [6, 6.07) is 12.5. The summed E-state index contributed by atoms with van der Waals surface area (Å²) in [6.07, 6.45) is -0.599. The number of anilines is 2. The summed E-state index contributed by atoms with van der Waals surface area (Å²) in [5.41, 5.74) is 1.30. The Balaban J connectivity index is 1.90. The van der Waals surface area contributed by atoms with E-state index in [-0.39, 0.29) is 24.0 Å². The Bertz CT molecular complexity index is 956. The van der Waals surface area contributed by atoms with Crippen molar-refractivity contribution in [1.82, 2.24) is 5.32 Å². The Morgan fingerprint density at radius 2 is 1.59 bits per heavy atom. The zero-order valence-electron chi connectivity index (χ0n) is 18.3. The van der Waals surface area contributed by atoms with Crippen molar-refractivity contribution >= 4 is 35.3 Å². The number of carbonyl (C=O) groups excluding carboxylic acids is 4. The third-order valence-electron chi connectivity index (χ3n) is 4.09. The summed E-state index contributed by atoms with van der Waals surface area (Å²) in [5, 5.41) is 7.89. The monoisotopic (exact) mass is 441 g/mol. The predicted molar refractivity (Wildman–Crippen MR) is 120 cm³/mol. The van der Waals surface area contributed by atoms with Crippen LogP contribution in [0.1, 0.15) is 41.5 Å². The average molecular weight is 441 g/mol. The van der Waals surface area contributed by atoms with E-state index in [9.17, 15) is 19.2 Å². The molecule has 0 radical (unpaired) electrons. The number of amides is 3. The van der Waals surface area contributed by atoms with Gasteiger partial charge in [-0.2, -0.15) is 0 Å². The molecule has 0 unspecified atom stereocenters. The van der Waals surface area contributed by atoms with Gasteiger partial charge in [0, 0.05) is 12.2 Å². The molecule has 170 valence electrons. The van der Waals surface area contributed by atoms with E-state index >= 15 is 0 Å². The Morgan fingerprint density at radius 1 is 0.906 bits per heavy atom. The van der Waals surface area contributed by atoms with Crippen molar-refractivity contribution in [2.75, 3.05) is 30.4 Å². The molecule has 9 nitrogen and oxygen atoms in total. The van der Waals surface area contributed by atoms with Crippen LogP contribution in [0.4, 0.5) is 16.2 Å². The summed E-state index contributed by atoms with van der Waals surface area (Å²) in [7, 11) is 0. The van der Waals surface area contributed by atoms with E-state index < -0.39 is 24.6 Å². The van der Waals surface area contributed by atoms with Crippen LogP contribution in [0.5, 0.6) is 0 Å². The van der Waals surface area contributed by atoms with Gasteiger partial charge in [0.25, 0.3) is 11.8 Å². The number of rotatable bonds is 9. The molecule has 0 aromatic heterocycles. The number of para-hydroxylation sites is 1. The number of hydrogen-bond donors (Lipinski definition) is 3. The molecular weight excluding hydrogens is 414 g/mol. The lowest BCUT2D eigenvalue weighted by molar-refractivity contribution is -0.119. The van der Waals surface area contributed by atoms with E-state index in [4.69, 9.17) is 9.47 Å². The van der Waals surface area contributed by atoms with Gasteiger partial charge in [-0.25, -0.2) is 9.59 Å². The number of carbonyl (C=O) groups is 4. The van der Waals surface area contributed by atoms with Crippen LogP contribution < -0.4 is 16.0 Å². The Kier molecular flexibility index (Phi) is 9.22. The molecule has 3 amide bonds. The highest BCUT2D eigenvalue weighted by atomic mass is 16.5. The first-order valence-corrected chi connectivity index (χ1v) is 10.2. The smallest absolute Gasteiger partial charge is 0.411 e. The lowest BCUT2D eigenvalue weighted by Crippen LogP contribution is -2.29. The third-order valence-corrected chi connectivity index (χ3v) is 4.09. The van der Waals surface area contributed by atoms with Crippen molar-refractivity contribution in [3.63, 3.8) is 0 Å². The molecule has 32 heavy (non-hydrogen) atoms. The first kappa shape index (κ1) is 24.4. The minimum absolute atomic E-state index is 0.209. The summed E-state index contributed by atoms with van der Waals surface area (Å²) < 4.78 is 9.81. The highest BCUT2D eigenvalue weighted by Gasteiger charge is 2.15. The molecular formula is C23H27N3O6. The van der Waals surface area contributed by atoms with Gasteiger partial charge in [-0.15, -0.1) is 0 Å². The summed E-state index contributed by atoms with van der Waals surface area (Å²) >= 11 is 0. The van der Waals surface area contributed by atoms with E-state index in [1.807, 2.05) is 13.8 Å².